The molecule has 0 aliphatic rings. The number of hydrogen-bond donors (Lipinski definition) is 2. The molecule has 0 saturated carbocycles. The number of allylic oxidation sites excluding steroid dienone is 1. The van der Waals surface area contributed by atoms with Crippen molar-refractivity contribution in [3.63, 3.8) is 0 Å². The van der Waals surface area contributed by atoms with Crippen LogP contribution in [0.4, 0.5) is 5.13 Å². The Morgan fingerprint density at radius 1 is 1.15 bits per heavy atom. The number of amides is 2. The zero-order valence-corrected chi connectivity index (χ0v) is 24.4. The third kappa shape index (κ3) is 7.27. The number of thioether (sulfide) groups is 1. The van der Waals surface area contributed by atoms with Crippen molar-refractivity contribution in [2.75, 3.05) is 11.1 Å². The monoisotopic (exact) mass is 600 g/mol. The summed E-state index contributed by atoms with van der Waals surface area (Å²) in [5.41, 5.74) is 2.10. The molecule has 4 rings (SSSR count). The topological polar surface area (TPSA) is 102 Å². The zero-order valence-electron chi connectivity index (χ0n) is 21.2. The molecule has 0 unspecified atom stereocenters. The van der Waals surface area contributed by atoms with Crippen molar-refractivity contribution in [3.8, 4) is 11.3 Å². The van der Waals surface area contributed by atoms with Gasteiger partial charge in [0.25, 0.3) is 5.91 Å². The summed E-state index contributed by atoms with van der Waals surface area (Å²) in [7, 11) is 0. The third-order valence-corrected chi connectivity index (χ3v) is 7.89. The molecular weight excluding hydrogens is 575 g/mol. The lowest BCUT2D eigenvalue weighted by Gasteiger charge is -2.23. The average molecular weight is 602 g/mol. The van der Waals surface area contributed by atoms with Crippen LogP contribution in [0.25, 0.3) is 11.3 Å². The van der Waals surface area contributed by atoms with Crippen LogP contribution >= 0.6 is 46.3 Å². The van der Waals surface area contributed by atoms with Crippen molar-refractivity contribution in [3.05, 3.63) is 88.0 Å². The first kappa shape index (κ1) is 28.8. The van der Waals surface area contributed by atoms with E-state index in [1.165, 1.54) is 29.2 Å². The highest BCUT2D eigenvalue weighted by Gasteiger charge is 2.27. The predicted molar refractivity (Wildman–Crippen MR) is 159 cm³/mol. The van der Waals surface area contributed by atoms with Crippen molar-refractivity contribution in [1.29, 1.82) is 0 Å². The molecule has 8 nitrogen and oxygen atoms in total. The van der Waals surface area contributed by atoms with E-state index in [9.17, 15) is 9.59 Å². The van der Waals surface area contributed by atoms with Gasteiger partial charge in [-0.25, -0.2) is 4.98 Å². The Kier molecular flexibility index (Phi) is 9.79. The van der Waals surface area contributed by atoms with Gasteiger partial charge in [-0.1, -0.05) is 85.2 Å². The highest BCUT2D eigenvalue weighted by molar-refractivity contribution is 7.99. The smallest absolute Gasteiger partial charge is 0.253 e. The first-order chi connectivity index (χ1) is 18.8. The molecule has 0 radical (unpaired) electrons. The Balaban J connectivity index is 1.45. The van der Waals surface area contributed by atoms with Crippen LogP contribution in [0.5, 0.6) is 0 Å². The van der Waals surface area contributed by atoms with Crippen molar-refractivity contribution < 1.29 is 9.59 Å². The Morgan fingerprint density at radius 3 is 2.62 bits per heavy atom. The van der Waals surface area contributed by atoms with E-state index in [1.807, 2.05) is 54.1 Å². The summed E-state index contributed by atoms with van der Waals surface area (Å²) >= 11 is 14.8. The second-order valence-electron chi connectivity index (χ2n) is 8.80. The standard InChI is InChI=1S/C27H26Cl2N6O2S2/c1-4-12-35-24(23(16(2)3)32-25(37)19-11-10-18(28)13-20(19)29)33-34-27(35)39-15-22(36)31-26-30-21(14-38-26)17-8-6-5-7-9-17/h4-11,13-14,16,23H,1,12,15H2,2-3H3,(H,32,37)(H,30,31,36)/t23-/m1/s1. The Hall–Kier alpha value is -3.18. The minimum absolute atomic E-state index is 0.0161. The molecule has 12 heteroatoms. The number of nitrogens with one attached hydrogen (secondary N) is 2. The summed E-state index contributed by atoms with van der Waals surface area (Å²) in [4.78, 5) is 30.2. The summed E-state index contributed by atoms with van der Waals surface area (Å²) in [6.45, 7) is 8.19. The lowest BCUT2D eigenvalue weighted by atomic mass is 10.0. The van der Waals surface area contributed by atoms with Crippen molar-refractivity contribution in [2.45, 2.75) is 31.6 Å². The van der Waals surface area contributed by atoms with Gasteiger partial charge in [0.15, 0.2) is 16.1 Å². The van der Waals surface area contributed by atoms with Gasteiger partial charge in [-0.2, -0.15) is 0 Å². The fourth-order valence-electron chi connectivity index (χ4n) is 3.72. The van der Waals surface area contributed by atoms with Crippen LogP contribution in [0.15, 0.2) is 71.7 Å². The van der Waals surface area contributed by atoms with Crippen LogP contribution in [0, 0.1) is 5.92 Å². The Bertz CT molecular complexity index is 1470. The third-order valence-electron chi connectivity index (χ3n) is 5.62. The van der Waals surface area contributed by atoms with Gasteiger partial charge in [0.1, 0.15) is 0 Å². The number of rotatable bonds is 11. The van der Waals surface area contributed by atoms with Crippen molar-refractivity contribution in [2.24, 2.45) is 5.92 Å². The fourth-order valence-corrected chi connectivity index (χ4v) is 5.70. The van der Waals surface area contributed by atoms with E-state index in [1.54, 1.807) is 18.2 Å². The summed E-state index contributed by atoms with van der Waals surface area (Å²) in [5.74, 6) is 0.0794. The molecular formula is C27H26Cl2N6O2S2. The van der Waals surface area contributed by atoms with Gasteiger partial charge in [-0.05, 0) is 24.1 Å². The van der Waals surface area contributed by atoms with E-state index in [2.05, 4.69) is 32.4 Å². The van der Waals surface area contributed by atoms with E-state index in [0.29, 0.717) is 33.2 Å². The molecule has 2 aromatic carbocycles. The van der Waals surface area contributed by atoms with Crippen LogP contribution in [0.1, 0.15) is 36.1 Å². The second kappa shape index (κ2) is 13.3. The zero-order chi connectivity index (χ0) is 27.9. The molecule has 0 fully saturated rings. The van der Waals surface area contributed by atoms with Crippen LogP contribution in [-0.4, -0.2) is 37.3 Å². The maximum Gasteiger partial charge on any atom is 0.253 e. The fraction of sp³-hybridized carbons (Fsp3) is 0.222. The van der Waals surface area contributed by atoms with Crippen LogP contribution in [-0.2, 0) is 11.3 Å². The normalized spacial score (nSPS) is 11.8. The van der Waals surface area contributed by atoms with E-state index >= 15 is 0 Å². The average Bonchev–Trinajstić information content (AvgIpc) is 3.53. The number of carbonyl (C=O) groups is 2. The maximum atomic E-state index is 13.0. The molecule has 4 aromatic rings. The highest BCUT2D eigenvalue weighted by atomic mass is 35.5. The molecule has 0 spiro atoms. The molecule has 1 atom stereocenters. The van der Waals surface area contributed by atoms with Gasteiger partial charge in [0.2, 0.25) is 5.91 Å². The summed E-state index contributed by atoms with van der Waals surface area (Å²) in [5, 5.41) is 18.2. The van der Waals surface area contributed by atoms with Gasteiger partial charge >= 0.3 is 0 Å². The van der Waals surface area contributed by atoms with E-state index in [4.69, 9.17) is 23.2 Å². The first-order valence-corrected chi connectivity index (χ1v) is 14.6. The number of nitrogens with zero attached hydrogens (tertiary/aromatic N) is 4. The molecule has 202 valence electrons. The van der Waals surface area contributed by atoms with E-state index in [0.717, 1.165) is 11.3 Å². The molecule has 2 heterocycles. The molecule has 2 aromatic heterocycles. The molecule has 0 bridgehead atoms. The Morgan fingerprint density at radius 2 is 1.92 bits per heavy atom. The largest absolute Gasteiger partial charge is 0.342 e. The molecule has 0 saturated heterocycles. The highest BCUT2D eigenvalue weighted by Crippen LogP contribution is 2.28. The van der Waals surface area contributed by atoms with Crippen LogP contribution in [0.2, 0.25) is 10.0 Å². The number of thiazole rings is 1. The summed E-state index contributed by atoms with van der Waals surface area (Å²) in [6.07, 6.45) is 1.72. The van der Waals surface area contributed by atoms with Crippen molar-refractivity contribution >= 4 is 63.2 Å². The summed E-state index contributed by atoms with van der Waals surface area (Å²) in [6, 6.07) is 14.0. The number of benzene rings is 2. The van der Waals surface area contributed by atoms with Crippen molar-refractivity contribution in [1.82, 2.24) is 25.1 Å². The van der Waals surface area contributed by atoms with Crippen LogP contribution < -0.4 is 10.6 Å². The summed E-state index contributed by atoms with van der Waals surface area (Å²) < 4.78 is 1.84. The van der Waals surface area contributed by atoms with Gasteiger partial charge in [0, 0.05) is 22.5 Å². The minimum Gasteiger partial charge on any atom is -0.342 e. The maximum absolute atomic E-state index is 13.0. The lowest BCUT2D eigenvalue weighted by molar-refractivity contribution is -0.113. The molecule has 2 N–H and O–H groups in total. The number of carbonyl (C=O) groups excluding carboxylic acids is 2. The SMILES string of the molecule is C=CCn1c(SCC(=O)Nc2nc(-c3ccccc3)cs2)nnc1[C@H](NC(=O)c1ccc(Cl)cc1Cl)C(C)C. The lowest BCUT2D eigenvalue weighted by Crippen LogP contribution is -2.34. The molecule has 0 aliphatic carbocycles. The molecule has 39 heavy (non-hydrogen) atoms. The van der Waals surface area contributed by atoms with E-state index in [-0.39, 0.29) is 28.5 Å². The Labute approximate surface area is 244 Å². The second-order valence-corrected chi connectivity index (χ2v) is 11.4. The molecule has 2 amide bonds. The van der Waals surface area contributed by atoms with Crippen LogP contribution in [0.3, 0.4) is 0 Å². The van der Waals surface area contributed by atoms with Gasteiger partial charge < -0.3 is 15.2 Å². The quantitative estimate of drug-likeness (QED) is 0.146. The predicted octanol–water partition coefficient (Wildman–Crippen LogP) is 6.75. The number of aromatic nitrogens is 4. The van der Waals surface area contributed by atoms with E-state index < -0.39 is 6.04 Å². The minimum atomic E-state index is -0.466. The number of anilines is 1. The first-order valence-electron chi connectivity index (χ1n) is 12.0. The number of hydrogen-bond acceptors (Lipinski definition) is 7. The van der Waals surface area contributed by atoms with Gasteiger partial charge in [-0.3, -0.25) is 9.59 Å². The molecule has 0 aliphatic heterocycles. The van der Waals surface area contributed by atoms with Gasteiger partial charge in [-0.15, -0.1) is 28.1 Å². The number of halogens is 2. The van der Waals surface area contributed by atoms with Gasteiger partial charge in [0.05, 0.1) is 28.1 Å².